The third-order valence-corrected chi connectivity index (χ3v) is 18.1. The Labute approximate surface area is 566 Å². The normalized spacial score (nSPS) is 21.5. The van der Waals surface area contributed by atoms with Crippen molar-refractivity contribution in [3.05, 3.63) is 120 Å². The average molecular weight is 1380 g/mol. The van der Waals surface area contributed by atoms with E-state index in [9.17, 15) is 87.9 Å². The summed E-state index contributed by atoms with van der Waals surface area (Å²) < 4.78 is 0. The Balaban J connectivity index is 1.41. The number of hydrogen-bond acceptors (Lipinski definition) is 19. The number of aliphatic carboxylic acids is 2. The lowest BCUT2D eigenvalue weighted by Gasteiger charge is -2.30. The number of carboxylic acids is 2. The van der Waals surface area contributed by atoms with E-state index >= 15 is 0 Å². The number of likely N-dealkylation sites (tertiary alicyclic amines) is 1. The maximum absolute atomic E-state index is 14.9. The number of phenols is 2. The third-order valence-electron chi connectivity index (χ3n) is 15.7. The number of nitrogens with two attached hydrogens (primary N) is 1. The molecule has 11 amide bonds. The fraction of sp³-hybridized carbons (Fsp3) is 0.431. The number of amides is 11. The lowest BCUT2D eigenvalue weighted by molar-refractivity contribution is -0.142. The zero-order valence-corrected chi connectivity index (χ0v) is 55.2. The van der Waals surface area contributed by atoms with Gasteiger partial charge in [-0.3, -0.25) is 62.3 Å². The molecule has 17 N–H and O–H groups in total. The Morgan fingerprint density at radius 3 is 1.73 bits per heavy atom. The van der Waals surface area contributed by atoms with Crippen LogP contribution in [-0.4, -0.2) is 206 Å². The summed E-state index contributed by atoms with van der Waals surface area (Å²) in [6.07, 6.45) is -3.88. The van der Waals surface area contributed by atoms with Crippen LogP contribution in [0.5, 0.6) is 11.5 Å². The monoisotopic (exact) mass is 1380 g/mol. The number of phenolic OH excluding ortho intramolecular Hbond substituents is 2. The number of aromatic hydroxyl groups is 2. The lowest BCUT2D eigenvalue weighted by Crippen LogP contribution is -2.61. The molecule has 522 valence electrons. The lowest BCUT2D eigenvalue weighted by atomic mass is 9.99. The van der Waals surface area contributed by atoms with Crippen LogP contribution >= 0.6 is 21.6 Å². The molecule has 2 fully saturated rings. The molecule has 0 spiro atoms. The summed E-state index contributed by atoms with van der Waals surface area (Å²) in [6, 6.07) is 10.8. The number of benzene rings is 4. The molecule has 97 heavy (non-hydrogen) atoms. The Bertz CT molecular complexity index is 3460. The standard InChI is InChI=1S/C65H82N12O18S2/c1-34(2)25-48(67-4)65(95)77-24-8-11-51(77)63(93)74-49-32-96-97-33-50(62(92)72-45(58(88)69-43(56(66)86)29-53(82)83)27-36-12-18-40(19-13-36)39-9-6-5-7-10-39)75-64(94)55(35(3)78)76-52(81)31-68-57(87)44(26-37-14-20-41(79)21-15-37)70-59(89)46(28-38-16-22-42(80)23-17-38)71-60(90)47(30-54(84)85)73-61(49)91/h5-7,9-10,12-23,34-35,43-51,55,67,78-80H,8,11,24-33H2,1-4H3,(H2,66,86)(H,68,87)(H,69,88)(H,70,89)(H,71,90)(H,72,92)(H,73,91)(H,74,93)(H,75,94)(H,76,81)(H,82,83)(H,84,85)/t35?,43-,44+,45+,46+,47+,48+,49+,50+,51+,55+/m1/s1. The van der Waals surface area contributed by atoms with Crippen molar-refractivity contribution in [3.8, 4) is 22.6 Å². The van der Waals surface area contributed by atoms with E-state index in [1.165, 1.54) is 53.4 Å². The molecule has 2 aliphatic heterocycles. The number of carboxylic acid groups (broad SMARTS) is 2. The van der Waals surface area contributed by atoms with Crippen LogP contribution in [0.3, 0.4) is 0 Å². The second-order valence-electron chi connectivity index (χ2n) is 23.8. The molecule has 0 radical (unpaired) electrons. The van der Waals surface area contributed by atoms with Gasteiger partial charge in [0.1, 0.15) is 65.9 Å². The van der Waals surface area contributed by atoms with E-state index in [1.807, 2.05) is 44.2 Å². The molecule has 4 aromatic carbocycles. The Hall–Kier alpha value is -9.79. The molecule has 4 aromatic rings. The van der Waals surface area contributed by atoms with Gasteiger partial charge in [0.05, 0.1) is 31.5 Å². The molecule has 0 bridgehead atoms. The first kappa shape index (κ1) is 76.2. The summed E-state index contributed by atoms with van der Waals surface area (Å²) >= 11 is 0. The molecule has 0 aliphatic carbocycles. The number of rotatable bonds is 23. The zero-order valence-electron chi connectivity index (χ0n) is 53.6. The molecule has 11 atom stereocenters. The Morgan fingerprint density at radius 2 is 1.18 bits per heavy atom. The predicted octanol–water partition coefficient (Wildman–Crippen LogP) is -1.38. The van der Waals surface area contributed by atoms with Crippen LogP contribution in [0.15, 0.2) is 103 Å². The van der Waals surface area contributed by atoms with Gasteiger partial charge in [-0.1, -0.05) is 114 Å². The third kappa shape index (κ3) is 23.8. The Kier molecular flexibility index (Phi) is 29.0. The fourth-order valence-corrected chi connectivity index (χ4v) is 12.9. The van der Waals surface area contributed by atoms with Crippen LogP contribution in [0.2, 0.25) is 0 Å². The summed E-state index contributed by atoms with van der Waals surface area (Å²) in [4.78, 5) is 182. The van der Waals surface area contributed by atoms with Crippen LogP contribution in [-0.2, 0) is 81.6 Å². The molecular weight excluding hydrogens is 1300 g/mol. The van der Waals surface area contributed by atoms with E-state index < -0.39 is 174 Å². The highest BCUT2D eigenvalue weighted by molar-refractivity contribution is 8.76. The van der Waals surface area contributed by atoms with Gasteiger partial charge in [0.15, 0.2) is 0 Å². The minimum absolute atomic E-state index is 0.0630. The van der Waals surface area contributed by atoms with Gasteiger partial charge >= 0.3 is 11.9 Å². The van der Waals surface area contributed by atoms with Crippen LogP contribution in [0.25, 0.3) is 11.1 Å². The molecule has 32 heteroatoms. The van der Waals surface area contributed by atoms with E-state index in [4.69, 9.17) is 5.73 Å². The maximum atomic E-state index is 14.9. The number of nitrogens with one attached hydrogen (secondary N) is 10. The van der Waals surface area contributed by atoms with Crippen molar-refractivity contribution >= 4 is 98.5 Å². The van der Waals surface area contributed by atoms with Crippen LogP contribution in [0.4, 0.5) is 0 Å². The average Bonchev–Trinajstić information content (AvgIpc) is 1.80. The molecule has 0 aromatic heterocycles. The number of carbonyl (C=O) groups is 13. The second-order valence-corrected chi connectivity index (χ2v) is 26.3. The van der Waals surface area contributed by atoms with Gasteiger partial charge in [-0.15, -0.1) is 0 Å². The van der Waals surface area contributed by atoms with Crippen LogP contribution < -0.4 is 58.9 Å². The van der Waals surface area contributed by atoms with Crippen molar-refractivity contribution in [2.24, 2.45) is 11.7 Å². The highest BCUT2D eigenvalue weighted by Crippen LogP contribution is 2.26. The van der Waals surface area contributed by atoms with Crippen molar-refractivity contribution in [2.45, 2.75) is 139 Å². The van der Waals surface area contributed by atoms with Gasteiger partial charge in [-0.05, 0) is 91.2 Å². The van der Waals surface area contributed by atoms with Crippen molar-refractivity contribution in [1.82, 2.24) is 58.1 Å². The SMILES string of the molecule is CN[C@@H](CC(C)C)C(=O)N1CCC[C@H]1C(=O)N[C@H]1CSSC[C@@H](C(=O)N[C@@H](Cc2ccc(-c3ccccc3)cc2)C(=O)N[C@H](CC(=O)O)C(N)=O)NC(=O)[C@H](C(C)O)NC(=O)CNC(=O)[C@H](Cc2ccc(O)cc2)NC(=O)[C@H](Cc2ccc(O)cc2)NC(=O)[C@H](CC(=O)O)NC1=O. The summed E-state index contributed by atoms with van der Waals surface area (Å²) in [5.41, 5.74) is 8.21. The van der Waals surface area contributed by atoms with Crippen molar-refractivity contribution in [2.75, 3.05) is 31.6 Å². The molecule has 0 saturated carbocycles. The molecule has 2 heterocycles. The molecular formula is C65H82N12O18S2. The van der Waals surface area contributed by atoms with E-state index in [1.54, 1.807) is 31.3 Å². The van der Waals surface area contributed by atoms with Crippen molar-refractivity contribution in [1.29, 1.82) is 0 Å². The molecule has 1 unspecified atom stereocenters. The van der Waals surface area contributed by atoms with Crippen LogP contribution in [0, 0.1) is 5.92 Å². The summed E-state index contributed by atoms with van der Waals surface area (Å²) in [5, 5.41) is 76.0. The maximum Gasteiger partial charge on any atom is 0.305 e. The zero-order chi connectivity index (χ0) is 71.0. The topological polar surface area (TPSA) is 473 Å². The van der Waals surface area contributed by atoms with Crippen molar-refractivity contribution in [3.63, 3.8) is 0 Å². The summed E-state index contributed by atoms with van der Waals surface area (Å²) in [7, 11) is 3.18. The minimum Gasteiger partial charge on any atom is -0.508 e. The van der Waals surface area contributed by atoms with E-state index in [2.05, 4.69) is 53.2 Å². The highest BCUT2D eigenvalue weighted by Gasteiger charge is 2.41. The predicted molar refractivity (Wildman–Crippen MR) is 355 cm³/mol. The number of carbonyl (C=O) groups excluding carboxylic acids is 11. The first-order valence-corrected chi connectivity index (χ1v) is 33.6. The number of hydrogen-bond donors (Lipinski definition) is 16. The number of aliphatic hydroxyl groups excluding tert-OH is 1. The molecule has 2 aliphatic rings. The van der Waals surface area contributed by atoms with E-state index in [-0.39, 0.29) is 49.6 Å². The van der Waals surface area contributed by atoms with Crippen molar-refractivity contribution < 1.29 is 87.9 Å². The smallest absolute Gasteiger partial charge is 0.305 e. The fourth-order valence-electron chi connectivity index (χ4n) is 10.6. The second kappa shape index (κ2) is 36.9. The first-order valence-electron chi connectivity index (χ1n) is 31.1. The Morgan fingerprint density at radius 1 is 0.619 bits per heavy atom. The highest BCUT2D eigenvalue weighted by atomic mass is 33.1. The quantitative estimate of drug-likeness (QED) is 0.0381. The summed E-state index contributed by atoms with van der Waals surface area (Å²) in [5.74, 6) is -15.8. The van der Waals surface area contributed by atoms with E-state index in [0.717, 1.165) is 39.6 Å². The van der Waals surface area contributed by atoms with Gasteiger partial charge in [0.25, 0.3) is 0 Å². The molecule has 2 saturated heterocycles. The van der Waals surface area contributed by atoms with Gasteiger partial charge in [-0.2, -0.15) is 0 Å². The number of nitrogens with zero attached hydrogens (tertiary/aromatic N) is 1. The largest absolute Gasteiger partial charge is 0.508 e. The van der Waals surface area contributed by atoms with Gasteiger partial charge < -0.3 is 89.3 Å². The van der Waals surface area contributed by atoms with Gasteiger partial charge in [-0.25, -0.2) is 0 Å². The molecule has 6 rings (SSSR count). The van der Waals surface area contributed by atoms with Crippen LogP contribution in [0.1, 0.15) is 69.6 Å². The molecule has 30 nitrogen and oxygen atoms in total. The summed E-state index contributed by atoms with van der Waals surface area (Å²) in [6.45, 7) is 4.19. The first-order chi connectivity index (χ1) is 46.1. The number of likely N-dealkylation sites (N-methyl/N-ethyl adjacent to an activating group) is 1. The van der Waals surface area contributed by atoms with Gasteiger partial charge in [0.2, 0.25) is 65.0 Å². The minimum atomic E-state index is -2.01. The number of primary amides is 1. The van der Waals surface area contributed by atoms with Gasteiger partial charge in [0, 0.05) is 37.3 Å². The number of aliphatic hydroxyl groups is 1. The van der Waals surface area contributed by atoms with E-state index in [0.29, 0.717) is 29.5 Å².